The van der Waals surface area contributed by atoms with E-state index in [0.29, 0.717) is 6.54 Å². The van der Waals surface area contributed by atoms with Gasteiger partial charge in [-0.1, -0.05) is 38.0 Å². The molecule has 0 saturated carbocycles. The number of aromatic amines is 1. The van der Waals surface area contributed by atoms with Crippen molar-refractivity contribution in [3.8, 4) is 0 Å². The fourth-order valence-corrected chi connectivity index (χ4v) is 2.43. The van der Waals surface area contributed by atoms with E-state index in [1.165, 1.54) is 29.3 Å². The maximum Gasteiger partial charge on any atom is 0.233 e. The molecule has 1 amide bonds. The standard InChI is InChI=1S/C17H25N3O/c1-2-3-6-10-19-17(21)13-18-11-9-14-12-20-16-8-5-4-7-15(14)16/h4-5,7-8,12,18,20H,2-3,6,9-11,13H2,1H3,(H,19,21). The van der Waals surface area contributed by atoms with Crippen LogP contribution in [-0.2, 0) is 11.2 Å². The lowest BCUT2D eigenvalue weighted by molar-refractivity contribution is -0.120. The van der Waals surface area contributed by atoms with Crippen LogP contribution < -0.4 is 10.6 Å². The second kappa shape index (κ2) is 8.47. The molecule has 3 N–H and O–H groups in total. The fourth-order valence-electron chi connectivity index (χ4n) is 2.43. The molecule has 0 bridgehead atoms. The van der Waals surface area contributed by atoms with Crippen LogP contribution in [0.4, 0.5) is 0 Å². The van der Waals surface area contributed by atoms with Crippen LogP contribution in [0.5, 0.6) is 0 Å². The summed E-state index contributed by atoms with van der Waals surface area (Å²) in [6.07, 6.45) is 6.40. The first-order valence-electron chi connectivity index (χ1n) is 7.83. The van der Waals surface area contributed by atoms with E-state index < -0.39 is 0 Å². The predicted molar refractivity (Wildman–Crippen MR) is 87.4 cm³/mol. The van der Waals surface area contributed by atoms with Crippen LogP contribution in [0.15, 0.2) is 30.5 Å². The van der Waals surface area contributed by atoms with Gasteiger partial charge in [0.25, 0.3) is 0 Å². The van der Waals surface area contributed by atoms with E-state index in [2.05, 4.69) is 46.9 Å². The number of para-hydroxylation sites is 1. The second-order valence-electron chi connectivity index (χ2n) is 5.34. The fraction of sp³-hybridized carbons (Fsp3) is 0.471. The molecule has 0 aliphatic heterocycles. The Bertz CT molecular complexity index is 562. The minimum absolute atomic E-state index is 0.0880. The van der Waals surface area contributed by atoms with Crippen LogP contribution in [0.3, 0.4) is 0 Å². The Hall–Kier alpha value is -1.81. The van der Waals surface area contributed by atoms with Crippen molar-refractivity contribution in [2.75, 3.05) is 19.6 Å². The summed E-state index contributed by atoms with van der Waals surface area (Å²) in [6.45, 7) is 4.16. The molecule has 0 fully saturated rings. The van der Waals surface area contributed by atoms with Crippen molar-refractivity contribution in [3.05, 3.63) is 36.0 Å². The van der Waals surface area contributed by atoms with E-state index in [1.807, 2.05) is 6.07 Å². The summed E-state index contributed by atoms with van der Waals surface area (Å²) in [7, 11) is 0. The minimum atomic E-state index is 0.0880. The summed E-state index contributed by atoms with van der Waals surface area (Å²) in [5.41, 5.74) is 2.46. The molecule has 0 unspecified atom stereocenters. The van der Waals surface area contributed by atoms with Gasteiger partial charge in [0.2, 0.25) is 5.91 Å². The molecular formula is C17H25N3O. The summed E-state index contributed by atoms with van der Waals surface area (Å²) in [5, 5.41) is 7.40. The number of fused-ring (bicyclic) bond motifs is 1. The largest absolute Gasteiger partial charge is 0.361 e. The zero-order chi connectivity index (χ0) is 14.9. The number of rotatable bonds is 9. The van der Waals surface area contributed by atoms with E-state index in [-0.39, 0.29) is 5.91 Å². The molecule has 2 aromatic rings. The molecule has 0 saturated heterocycles. The van der Waals surface area contributed by atoms with Gasteiger partial charge >= 0.3 is 0 Å². The monoisotopic (exact) mass is 287 g/mol. The molecule has 4 heteroatoms. The minimum Gasteiger partial charge on any atom is -0.361 e. The number of hydrogen-bond acceptors (Lipinski definition) is 2. The van der Waals surface area contributed by atoms with Crippen molar-refractivity contribution >= 4 is 16.8 Å². The molecule has 0 radical (unpaired) electrons. The summed E-state index contributed by atoms with van der Waals surface area (Å²) in [6, 6.07) is 8.29. The highest BCUT2D eigenvalue weighted by atomic mass is 16.1. The molecule has 0 spiro atoms. The SMILES string of the molecule is CCCCCNC(=O)CNCCc1c[nH]c2ccccc12. The van der Waals surface area contributed by atoms with Gasteiger partial charge in [-0.3, -0.25) is 4.79 Å². The number of carbonyl (C=O) groups excluding carboxylic acids is 1. The summed E-state index contributed by atoms with van der Waals surface area (Å²) in [4.78, 5) is 14.9. The van der Waals surface area contributed by atoms with Gasteiger partial charge < -0.3 is 15.6 Å². The topological polar surface area (TPSA) is 56.9 Å². The zero-order valence-corrected chi connectivity index (χ0v) is 12.7. The van der Waals surface area contributed by atoms with Crippen molar-refractivity contribution in [1.82, 2.24) is 15.6 Å². The Morgan fingerprint density at radius 1 is 1.19 bits per heavy atom. The van der Waals surface area contributed by atoms with E-state index in [0.717, 1.165) is 25.9 Å². The normalized spacial score (nSPS) is 10.9. The van der Waals surface area contributed by atoms with Gasteiger partial charge in [0, 0.05) is 23.6 Å². The molecule has 21 heavy (non-hydrogen) atoms. The summed E-state index contributed by atoms with van der Waals surface area (Å²) < 4.78 is 0. The van der Waals surface area contributed by atoms with Gasteiger partial charge in [0.15, 0.2) is 0 Å². The molecular weight excluding hydrogens is 262 g/mol. The van der Waals surface area contributed by atoms with Gasteiger partial charge in [-0.2, -0.15) is 0 Å². The molecule has 1 aromatic carbocycles. The van der Waals surface area contributed by atoms with Gasteiger partial charge in [0.1, 0.15) is 0 Å². The van der Waals surface area contributed by atoms with Crippen molar-refractivity contribution in [2.24, 2.45) is 0 Å². The van der Waals surface area contributed by atoms with Crippen LogP contribution in [0.1, 0.15) is 31.7 Å². The molecule has 0 aliphatic rings. The molecule has 0 aliphatic carbocycles. The maximum absolute atomic E-state index is 11.6. The van der Waals surface area contributed by atoms with Crippen LogP contribution in [-0.4, -0.2) is 30.5 Å². The number of H-pyrrole nitrogens is 1. The van der Waals surface area contributed by atoms with Gasteiger partial charge in [-0.05, 0) is 31.0 Å². The second-order valence-corrected chi connectivity index (χ2v) is 5.34. The Kier molecular flexibility index (Phi) is 6.28. The van der Waals surface area contributed by atoms with E-state index in [1.54, 1.807) is 0 Å². The van der Waals surface area contributed by atoms with E-state index in [9.17, 15) is 4.79 Å². The number of benzene rings is 1. The first kappa shape index (κ1) is 15.6. The summed E-state index contributed by atoms with van der Waals surface area (Å²) in [5.74, 6) is 0.0880. The van der Waals surface area contributed by atoms with Crippen LogP contribution >= 0.6 is 0 Å². The third-order valence-electron chi connectivity index (χ3n) is 3.63. The third-order valence-corrected chi connectivity index (χ3v) is 3.63. The molecule has 1 aromatic heterocycles. The molecule has 4 nitrogen and oxygen atoms in total. The highest BCUT2D eigenvalue weighted by Crippen LogP contribution is 2.17. The predicted octanol–water partition coefficient (Wildman–Crippen LogP) is 2.61. The van der Waals surface area contributed by atoms with Crippen LogP contribution in [0.2, 0.25) is 0 Å². The molecule has 0 atom stereocenters. The summed E-state index contributed by atoms with van der Waals surface area (Å²) >= 11 is 0. The lowest BCUT2D eigenvalue weighted by Crippen LogP contribution is -2.35. The lowest BCUT2D eigenvalue weighted by Gasteiger charge is -2.06. The Morgan fingerprint density at radius 2 is 2.05 bits per heavy atom. The van der Waals surface area contributed by atoms with Crippen LogP contribution in [0, 0.1) is 0 Å². The number of unbranched alkanes of at least 4 members (excludes halogenated alkanes) is 2. The zero-order valence-electron chi connectivity index (χ0n) is 12.7. The quantitative estimate of drug-likeness (QED) is 0.621. The number of amides is 1. The lowest BCUT2D eigenvalue weighted by atomic mass is 10.1. The van der Waals surface area contributed by atoms with E-state index >= 15 is 0 Å². The molecule has 1 heterocycles. The average molecular weight is 287 g/mol. The molecule has 114 valence electrons. The first-order chi connectivity index (χ1) is 10.3. The van der Waals surface area contributed by atoms with E-state index in [4.69, 9.17) is 0 Å². The number of carbonyl (C=O) groups is 1. The number of aromatic nitrogens is 1. The van der Waals surface area contributed by atoms with Crippen molar-refractivity contribution < 1.29 is 4.79 Å². The first-order valence-corrected chi connectivity index (χ1v) is 7.83. The van der Waals surface area contributed by atoms with Gasteiger partial charge in [0.05, 0.1) is 6.54 Å². The Balaban J connectivity index is 1.64. The number of hydrogen-bond donors (Lipinski definition) is 3. The van der Waals surface area contributed by atoms with Gasteiger partial charge in [-0.15, -0.1) is 0 Å². The number of nitrogens with one attached hydrogen (secondary N) is 3. The molecule has 2 rings (SSSR count). The van der Waals surface area contributed by atoms with Gasteiger partial charge in [-0.25, -0.2) is 0 Å². The maximum atomic E-state index is 11.6. The van der Waals surface area contributed by atoms with Crippen molar-refractivity contribution in [3.63, 3.8) is 0 Å². The average Bonchev–Trinajstić information content (AvgIpc) is 2.91. The third kappa shape index (κ3) is 4.90. The Labute approximate surface area is 126 Å². The highest BCUT2D eigenvalue weighted by Gasteiger charge is 2.03. The smallest absolute Gasteiger partial charge is 0.233 e. The highest BCUT2D eigenvalue weighted by molar-refractivity contribution is 5.83. The van der Waals surface area contributed by atoms with Crippen LogP contribution in [0.25, 0.3) is 10.9 Å². The Morgan fingerprint density at radius 3 is 2.90 bits per heavy atom. The van der Waals surface area contributed by atoms with Crippen molar-refractivity contribution in [1.29, 1.82) is 0 Å². The van der Waals surface area contributed by atoms with Crippen molar-refractivity contribution in [2.45, 2.75) is 32.6 Å².